The molecule has 80 valence electrons. The first kappa shape index (κ1) is 9.96. The van der Waals surface area contributed by atoms with Crippen molar-refractivity contribution in [2.45, 2.75) is 12.8 Å². The fourth-order valence-corrected chi connectivity index (χ4v) is 1.31. The Bertz CT molecular complexity index is 344. The average Bonchev–Trinajstić information content (AvgIpc) is 3.10. The summed E-state index contributed by atoms with van der Waals surface area (Å²) in [5, 5.41) is 3.23. The SMILES string of the molecule is COC(=O)c1ccc(NCC2CC2)nc1. The molecule has 2 rings (SSSR count). The van der Waals surface area contributed by atoms with Crippen LogP contribution in [0.25, 0.3) is 0 Å². The smallest absolute Gasteiger partial charge is 0.339 e. The summed E-state index contributed by atoms with van der Waals surface area (Å²) in [4.78, 5) is 15.3. The Morgan fingerprint density at radius 3 is 2.93 bits per heavy atom. The van der Waals surface area contributed by atoms with Crippen molar-refractivity contribution >= 4 is 11.8 Å². The summed E-state index contributed by atoms with van der Waals surface area (Å²) in [5.41, 5.74) is 0.481. The van der Waals surface area contributed by atoms with Crippen molar-refractivity contribution in [3.05, 3.63) is 23.9 Å². The molecule has 1 saturated carbocycles. The Morgan fingerprint density at radius 2 is 2.40 bits per heavy atom. The van der Waals surface area contributed by atoms with E-state index in [0.717, 1.165) is 18.3 Å². The molecule has 1 aliphatic carbocycles. The molecule has 1 aliphatic rings. The highest BCUT2D eigenvalue weighted by Crippen LogP contribution is 2.28. The lowest BCUT2D eigenvalue weighted by Gasteiger charge is -2.04. The van der Waals surface area contributed by atoms with Gasteiger partial charge in [-0.25, -0.2) is 9.78 Å². The van der Waals surface area contributed by atoms with Crippen LogP contribution in [0.4, 0.5) is 5.82 Å². The molecule has 0 aliphatic heterocycles. The number of pyridine rings is 1. The number of nitrogens with one attached hydrogen (secondary N) is 1. The molecule has 0 radical (unpaired) electrons. The summed E-state index contributed by atoms with van der Waals surface area (Å²) >= 11 is 0. The molecule has 1 aromatic heterocycles. The van der Waals surface area contributed by atoms with Crippen molar-refractivity contribution in [2.24, 2.45) is 5.92 Å². The maximum Gasteiger partial charge on any atom is 0.339 e. The van der Waals surface area contributed by atoms with Crippen LogP contribution in [0.15, 0.2) is 18.3 Å². The zero-order chi connectivity index (χ0) is 10.7. The van der Waals surface area contributed by atoms with Crippen LogP contribution in [0.1, 0.15) is 23.2 Å². The molecule has 15 heavy (non-hydrogen) atoms. The fourth-order valence-electron chi connectivity index (χ4n) is 1.31. The van der Waals surface area contributed by atoms with Crippen LogP contribution in [-0.4, -0.2) is 24.6 Å². The van der Waals surface area contributed by atoms with Gasteiger partial charge in [0.15, 0.2) is 0 Å². The molecular formula is C11H14N2O2. The minimum Gasteiger partial charge on any atom is -0.465 e. The summed E-state index contributed by atoms with van der Waals surface area (Å²) in [6, 6.07) is 3.52. The van der Waals surface area contributed by atoms with Gasteiger partial charge in [0.1, 0.15) is 5.82 Å². The number of methoxy groups -OCH3 is 1. The monoisotopic (exact) mass is 206 g/mol. The number of rotatable bonds is 4. The van der Waals surface area contributed by atoms with Gasteiger partial charge in [0.25, 0.3) is 0 Å². The van der Waals surface area contributed by atoms with E-state index in [9.17, 15) is 4.79 Å². The summed E-state index contributed by atoms with van der Waals surface area (Å²) in [6.45, 7) is 0.977. The van der Waals surface area contributed by atoms with Crippen molar-refractivity contribution in [3.63, 3.8) is 0 Å². The van der Waals surface area contributed by atoms with Gasteiger partial charge in [-0.2, -0.15) is 0 Å². The van der Waals surface area contributed by atoms with Crippen molar-refractivity contribution in [1.82, 2.24) is 4.98 Å². The van der Waals surface area contributed by atoms with Crippen LogP contribution in [-0.2, 0) is 4.74 Å². The van der Waals surface area contributed by atoms with E-state index in [-0.39, 0.29) is 5.97 Å². The molecule has 4 nitrogen and oxygen atoms in total. The van der Waals surface area contributed by atoms with Gasteiger partial charge in [-0.1, -0.05) is 0 Å². The predicted octanol–water partition coefficient (Wildman–Crippen LogP) is 1.69. The molecule has 0 bridgehead atoms. The Morgan fingerprint density at radius 1 is 1.60 bits per heavy atom. The van der Waals surface area contributed by atoms with E-state index in [0.29, 0.717) is 5.56 Å². The molecule has 0 unspecified atom stereocenters. The van der Waals surface area contributed by atoms with E-state index in [1.807, 2.05) is 0 Å². The predicted molar refractivity (Wildman–Crippen MR) is 56.8 cm³/mol. The second-order valence-corrected chi connectivity index (χ2v) is 3.75. The minimum atomic E-state index is -0.351. The lowest BCUT2D eigenvalue weighted by Crippen LogP contribution is -2.06. The van der Waals surface area contributed by atoms with Gasteiger partial charge in [-0.15, -0.1) is 0 Å². The largest absolute Gasteiger partial charge is 0.465 e. The highest BCUT2D eigenvalue weighted by Gasteiger charge is 2.20. The number of aromatic nitrogens is 1. The zero-order valence-electron chi connectivity index (χ0n) is 8.69. The third kappa shape index (κ3) is 2.68. The molecule has 0 saturated heterocycles. The molecule has 1 fully saturated rings. The number of carbonyl (C=O) groups is 1. The molecule has 1 heterocycles. The summed E-state index contributed by atoms with van der Waals surface area (Å²) in [6.07, 6.45) is 4.15. The van der Waals surface area contributed by atoms with Crippen molar-refractivity contribution in [3.8, 4) is 0 Å². The number of ether oxygens (including phenoxy) is 1. The first-order valence-corrected chi connectivity index (χ1v) is 5.08. The second-order valence-electron chi connectivity index (χ2n) is 3.75. The summed E-state index contributed by atoms with van der Waals surface area (Å²) in [5.74, 6) is 1.28. The van der Waals surface area contributed by atoms with E-state index in [2.05, 4.69) is 15.0 Å². The normalized spacial score (nSPS) is 14.7. The lowest BCUT2D eigenvalue weighted by atomic mass is 10.3. The number of carbonyl (C=O) groups excluding carboxylic acids is 1. The van der Waals surface area contributed by atoms with Gasteiger partial charge in [-0.05, 0) is 30.9 Å². The van der Waals surface area contributed by atoms with Crippen molar-refractivity contribution in [1.29, 1.82) is 0 Å². The number of esters is 1. The average molecular weight is 206 g/mol. The molecule has 4 heteroatoms. The van der Waals surface area contributed by atoms with Crippen molar-refractivity contribution < 1.29 is 9.53 Å². The van der Waals surface area contributed by atoms with Crippen LogP contribution in [0.2, 0.25) is 0 Å². The molecule has 0 spiro atoms. The van der Waals surface area contributed by atoms with E-state index >= 15 is 0 Å². The summed E-state index contributed by atoms with van der Waals surface area (Å²) < 4.78 is 4.58. The highest BCUT2D eigenvalue weighted by molar-refractivity contribution is 5.89. The molecule has 0 amide bonds. The van der Waals surface area contributed by atoms with Gasteiger partial charge < -0.3 is 10.1 Å². The number of hydrogen-bond donors (Lipinski definition) is 1. The van der Waals surface area contributed by atoms with E-state index in [1.54, 1.807) is 12.1 Å². The Balaban J connectivity index is 1.93. The topological polar surface area (TPSA) is 51.2 Å². The Labute approximate surface area is 88.7 Å². The van der Waals surface area contributed by atoms with E-state index in [1.165, 1.54) is 26.1 Å². The van der Waals surface area contributed by atoms with Crippen LogP contribution in [0.3, 0.4) is 0 Å². The quantitative estimate of drug-likeness (QED) is 0.762. The number of anilines is 1. The van der Waals surface area contributed by atoms with Crippen molar-refractivity contribution in [2.75, 3.05) is 19.0 Å². The van der Waals surface area contributed by atoms with Crippen LogP contribution < -0.4 is 5.32 Å². The number of hydrogen-bond acceptors (Lipinski definition) is 4. The maximum absolute atomic E-state index is 11.1. The molecule has 1 aromatic rings. The first-order valence-electron chi connectivity index (χ1n) is 5.08. The van der Waals surface area contributed by atoms with Gasteiger partial charge in [0.2, 0.25) is 0 Å². The minimum absolute atomic E-state index is 0.351. The van der Waals surface area contributed by atoms with Gasteiger partial charge in [-0.3, -0.25) is 0 Å². The summed E-state index contributed by atoms with van der Waals surface area (Å²) in [7, 11) is 1.36. The molecular weight excluding hydrogens is 192 g/mol. The second kappa shape index (κ2) is 4.29. The third-order valence-electron chi connectivity index (χ3n) is 2.45. The highest BCUT2D eigenvalue weighted by atomic mass is 16.5. The van der Waals surface area contributed by atoms with Crippen LogP contribution >= 0.6 is 0 Å². The lowest BCUT2D eigenvalue weighted by molar-refractivity contribution is 0.0600. The molecule has 0 atom stereocenters. The Kier molecular flexibility index (Phi) is 2.85. The Hall–Kier alpha value is -1.58. The molecule has 0 aromatic carbocycles. The first-order chi connectivity index (χ1) is 7.29. The van der Waals surface area contributed by atoms with Crippen LogP contribution in [0, 0.1) is 5.92 Å². The maximum atomic E-state index is 11.1. The molecule has 1 N–H and O–H groups in total. The third-order valence-corrected chi connectivity index (χ3v) is 2.45. The van der Waals surface area contributed by atoms with E-state index in [4.69, 9.17) is 0 Å². The zero-order valence-corrected chi connectivity index (χ0v) is 8.69. The standard InChI is InChI=1S/C11H14N2O2/c1-15-11(14)9-4-5-10(13-7-9)12-6-8-2-3-8/h4-5,7-8H,2-3,6H2,1H3,(H,12,13). The van der Waals surface area contributed by atoms with Gasteiger partial charge in [0, 0.05) is 12.7 Å². The number of nitrogens with zero attached hydrogens (tertiary/aromatic N) is 1. The van der Waals surface area contributed by atoms with Crippen LogP contribution in [0.5, 0.6) is 0 Å². The van der Waals surface area contributed by atoms with Gasteiger partial charge in [0.05, 0.1) is 12.7 Å². The fraction of sp³-hybridized carbons (Fsp3) is 0.455. The van der Waals surface area contributed by atoms with Gasteiger partial charge >= 0.3 is 5.97 Å². The van der Waals surface area contributed by atoms with E-state index < -0.39 is 0 Å².